The van der Waals surface area contributed by atoms with Crippen molar-refractivity contribution in [2.24, 2.45) is 5.84 Å². The van der Waals surface area contributed by atoms with Gasteiger partial charge in [0.05, 0.1) is 6.61 Å². The lowest BCUT2D eigenvalue weighted by atomic mass is 9.75. The second-order valence-electron chi connectivity index (χ2n) is 5.58. The van der Waals surface area contributed by atoms with Crippen LogP contribution < -0.4 is 21.3 Å². The van der Waals surface area contributed by atoms with E-state index in [1.807, 2.05) is 6.92 Å². The minimum Gasteiger partial charge on any atom is -0.463 e. The third-order valence-corrected chi connectivity index (χ3v) is 3.99. The molecule has 1 aromatic rings. The molecule has 0 unspecified atom stereocenters. The summed E-state index contributed by atoms with van der Waals surface area (Å²) in [6.07, 6.45) is 4.51. The van der Waals surface area contributed by atoms with E-state index in [1.54, 1.807) is 0 Å². The third-order valence-electron chi connectivity index (χ3n) is 3.99. The van der Waals surface area contributed by atoms with Crippen LogP contribution in [0.25, 0.3) is 0 Å². The van der Waals surface area contributed by atoms with E-state index in [9.17, 15) is 0 Å². The van der Waals surface area contributed by atoms with Gasteiger partial charge < -0.3 is 15.0 Å². The van der Waals surface area contributed by atoms with E-state index in [-0.39, 0.29) is 11.5 Å². The number of nitrogens with two attached hydrogens (primary N) is 1. The average molecular weight is 295 g/mol. The molecule has 8 heteroatoms. The summed E-state index contributed by atoms with van der Waals surface area (Å²) in [4.78, 5) is 14.8. The van der Waals surface area contributed by atoms with Gasteiger partial charge in [-0.15, -0.1) is 0 Å². The maximum absolute atomic E-state index is 5.45. The van der Waals surface area contributed by atoms with Crippen LogP contribution in [0, 0.1) is 0 Å². The zero-order valence-corrected chi connectivity index (χ0v) is 13.0. The van der Waals surface area contributed by atoms with E-state index in [4.69, 9.17) is 10.6 Å². The van der Waals surface area contributed by atoms with Crippen LogP contribution in [-0.4, -0.2) is 52.6 Å². The predicted molar refractivity (Wildman–Crippen MR) is 82.2 cm³/mol. The molecule has 1 aliphatic carbocycles. The number of anilines is 2. The topological polar surface area (TPSA) is 101 Å². The third kappa shape index (κ3) is 3.70. The molecule has 0 aromatic carbocycles. The fraction of sp³-hybridized carbons (Fsp3) is 0.769. The first-order valence-corrected chi connectivity index (χ1v) is 7.36. The fourth-order valence-electron chi connectivity index (χ4n) is 2.37. The molecular weight excluding hydrogens is 270 g/mol. The second-order valence-corrected chi connectivity index (χ2v) is 5.58. The Kier molecular flexibility index (Phi) is 5.13. The van der Waals surface area contributed by atoms with Crippen molar-refractivity contribution in [2.75, 3.05) is 38.0 Å². The van der Waals surface area contributed by atoms with Crippen LogP contribution in [0.4, 0.5) is 11.9 Å². The SMILES string of the molecule is CCCOc1nc(NN)nc(NCC2(N(C)C)CCC2)n1. The van der Waals surface area contributed by atoms with Crippen molar-refractivity contribution in [3.63, 3.8) is 0 Å². The van der Waals surface area contributed by atoms with Crippen LogP contribution in [0.3, 0.4) is 0 Å². The zero-order chi connectivity index (χ0) is 15.3. The normalized spacial score (nSPS) is 16.4. The molecule has 0 atom stereocenters. The second kappa shape index (κ2) is 6.86. The van der Waals surface area contributed by atoms with Crippen LogP contribution in [0.1, 0.15) is 32.6 Å². The predicted octanol–water partition coefficient (Wildman–Crippen LogP) is 0.842. The Morgan fingerprint density at radius 1 is 1.24 bits per heavy atom. The molecule has 21 heavy (non-hydrogen) atoms. The van der Waals surface area contributed by atoms with Crippen molar-refractivity contribution in [3.8, 4) is 6.01 Å². The maximum atomic E-state index is 5.45. The molecule has 0 aliphatic heterocycles. The van der Waals surface area contributed by atoms with Gasteiger partial charge in [-0.2, -0.15) is 15.0 Å². The van der Waals surface area contributed by atoms with Gasteiger partial charge in [-0.3, -0.25) is 5.43 Å². The molecular formula is C13H25N7O. The van der Waals surface area contributed by atoms with E-state index in [0.717, 1.165) is 13.0 Å². The number of nitrogens with one attached hydrogen (secondary N) is 2. The van der Waals surface area contributed by atoms with Gasteiger partial charge in [0.2, 0.25) is 11.9 Å². The number of ether oxygens (including phenoxy) is 1. The summed E-state index contributed by atoms with van der Waals surface area (Å²) in [6.45, 7) is 3.39. The van der Waals surface area contributed by atoms with Gasteiger partial charge in [-0.25, -0.2) is 5.84 Å². The van der Waals surface area contributed by atoms with Crippen molar-refractivity contribution in [1.82, 2.24) is 19.9 Å². The molecule has 0 radical (unpaired) electrons. The lowest BCUT2D eigenvalue weighted by molar-refractivity contribution is 0.0737. The Morgan fingerprint density at radius 3 is 2.48 bits per heavy atom. The molecule has 1 saturated carbocycles. The Hall–Kier alpha value is -1.67. The molecule has 8 nitrogen and oxygen atoms in total. The van der Waals surface area contributed by atoms with E-state index >= 15 is 0 Å². The number of nitrogen functional groups attached to an aromatic ring is 1. The number of rotatable bonds is 8. The van der Waals surface area contributed by atoms with Crippen LogP contribution in [0.2, 0.25) is 0 Å². The van der Waals surface area contributed by atoms with Gasteiger partial charge >= 0.3 is 6.01 Å². The molecule has 118 valence electrons. The largest absolute Gasteiger partial charge is 0.463 e. The Labute approximate surface area is 125 Å². The minimum atomic E-state index is 0.188. The molecule has 0 saturated heterocycles. The summed E-state index contributed by atoms with van der Waals surface area (Å²) >= 11 is 0. The highest BCUT2D eigenvalue weighted by Crippen LogP contribution is 2.36. The fourth-order valence-corrected chi connectivity index (χ4v) is 2.37. The highest BCUT2D eigenvalue weighted by molar-refractivity contribution is 5.35. The molecule has 0 bridgehead atoms. The number of nitrogens with zero attached hydrogens (tertiary/aromatic N) is 4. The van der Waals surface area contributed by atoms with Gasteiger partial charge in [0.25, 0.3) is 0 Å². The Balaban J connectivity index is 2.04. The summed E-state index contributed by atoms with van der Waals surface area (Å²) in [5, 5.41) is 3.28. The van der Waals surface area contributed by atoms with Crippen molar-refractivity contribution >= 4 is 11.9 Å². The highest BCUT2D eigenvalue weighted by atomic mass is 16.5. The monoisotopic (exact) mass is 295 g/mol. The van der Waals surface area contributed by atoms with E-state index < -0.39 is 0 Å². The standard InChI is InChI=1S/C13H25N7O/c1-4-8-21-12-17-10(16-11(18-12)19-14)15-9-13(20(2)3)6-5-7-13/h4-9,14H2,1-3H3,(H2,15,16,17,18,19). The lowest BCUT2D eigenvalue weighted by Crippen LogP contribution is -2.54. The van der Waals surface area contributed by atoms with Gasteiger partial charge in [0.1, 0.15) is 0 Å². The summed E-state index contributed by atoms with van der Waals surface area (Å²) in [5.74, 6) is 6.17. The van der Waals surface area contributed by atoms with Crippen molar-refractivity contribution in [1.29, 1.82) is 0 Å². The Morgan fingerprint density at radius 2 is 1.95 bits per heavy atom. The number of hydrazine groups is 1. The van der Waals surface area contributed by atoms with Crippen LogP contribution in [-0.2, 0) is 0 Å². The molecule has 4 N–H and O–H groups in total. The quantitative estimate of drug-likeness (QED) is 0.479. The summed E-state index contributed by atoms with van der Waals surface area (Å²) in [7, 11) is 4.22. The number of likely N-dealkylation sites (N-methyl/N-ethyl adjacent to an activating group) is 1. The number of hydrogen-bond acceptors (Lipinski definition) is 8. The van der Waals surface area contributed by atoms with E-state index in [0.29, 0.717) is 18.5 Å². The smallest absolute Gasteiger partial charge is 0.323 e. The van der Waals surface area contributed by atoms with Gasteiger partial charge in [-0.05, 0) is 39.8 Å². The lowest BCUT2D eigenvalue weighted by Gasteiger charge is -2.47. The average Bonchev–Trinajstić information content (AvgIpc) is 2.43. The maximum Gasteiger partial charge on any atom is 0.323 e. The molecule has 0 spiro atoms. The molecule has 1 fully saturated rings. The van der Waals surface area contributed by atoms with Crippen LogP contribution in [0.15, 0.2) is 0 Å². The van der Waals surface area contributed by atoms with Crippen LogP contribution in [0.5, 0.6) is 6.01 Å². The van der Waals surface area contributed by atoms with Crippen molar-refractivity contribution < 1.29 is 4.74 Å². The molecule has 2 rings (SSSR count). The van der Waals surface area contributed by atoms with Crippen LogP contribution >= 0.6 is 0 Å². The first kappa shape index (κ1) is 15.7. The Bertz CT molecular complexity index is 462. The zero-order valence-electron chi connectivity index (χ0n) is 13.0. The highest BCUT2D eigenvalue weighted by Gasteiger charge is 2.38. The molecule has 1 aliphatic rings. The number of aromatic nitrogens is 3. The number of hydrogen-bond donors (Lipinski definition) is 3. The minimum absolute atomic E-state index is 0.188. The van der Waals surface area contributed by atoms with Gasteiger partial charge in [0, 0.05) is 12.1 Å². The molecule has 1 aromatic heterocycles. The van der Waals surface area contributed by atoms with Crippen molar-refractivity contribution in [2.45, 2.75) is 38.1 Å². The van der Waals surface area contributed by atoms with E-state index in [1.165, 1.54) is 19.3 Å². The van der Waals surface area contributed by atoms with E-state index in [2.05, 4.69) is 44.7 Å². The molecule has 0 amide bonds. The molecule has 1 heterocycles. The first-order chi connectivity index (χ1) is 10.1. The van der Waals surface area contributed by atoms with Crippen molar-refractivity contribution in [3.05, 3.63) is 0 Å². The summed E-state index contributed by atoms with van der Waals surface area (Å²) in [6, 6.07) is 0.287. The first-order valence-electron chi connectivity index (χ1n) is 7.36. The summed E-state index contributed by atoms with van der Waals surface area (Å²) in [5.41, 5.74) is 2.63. The summed E-state index contributed by atoms with van der Waals surface area (Å²) < 4.78 is 5.45. The van der Waals surface area contributed by atoms with Gasteiger partial charge in [-0.1, -0.05) is 6.92 Å². The van der Waals surface area contributed by atoms with Gasteiger partial charge in [0.15, 0.2) is 0 Å².